The van der Waals surface area contributed by atoms with Crippen LogP contribution in [0.1, 0.15) is 5.56 Å². The Bertz CT molecular complexity index is 157. The molecule has 0 aliphatic carbocycles. The summed E-state index contributed by atoms with van der Waals surface area (Å²) in [6, 6.07) is 10.7. The number of halogens is 1. The molecule has 0 spiro atoms. The maximum absolute atomic E-state index is 2.31. The summed E-state index contributed by atoms with van der Waals surface area (Å²) in [4.78, 5) is 2.31. The fraction of sp³-hybridized carbons (Fsp3) is 0.250. The van der Waals surface area contributed by atoms with Crippen LogP contribution in [0.4, 0.5) is 0 Å². The Balaban J connectivity index is 2.61. The molecule has 0 aliphatic rings. The topological polar surface area (TPSA) is 0 Å². The molecule has 0 nitrogen and oxygen atoms in total. The van der Waals surface area contributed by atoms with Crippen LogP contribution < -0.4 is 21.2 Å². The second-order valence-electron chi connectivity index (χ2n) is 1.89. The second kappa shape index (κ2) is 3.88. The van der Waals surface area contributed by atoms with Gasteiger partial charge in [-0.2, -0.15) is 0 Å². The SMILES string of the molecule is C[I-]Cc1ccccc1. The molecule has 1 rings (SSSR count). The first-order valence-electron chi connectivity index (χ1n) is 2.91. The molecule has 0 atom stereocenters. The zero-order chi connectivity index (χ0) is 6.53. The summed E-state index contributed by atoms with van der Waals surface area (Å²) in [5, 5.41) is 0. The summed E-state index contributed by atoms with van der Waals surface area (Å²) in [6.07, 6.45) is 0. The third kappa shape index (κ3) is 2.35. The molecule has 0 saturated carbocycles. The molecule has 0 fully saturated rings. The van der Waals surface area contributed by atoms with Gasteiger partial charge in [-0.3, -0.25) is 0 Å². The molecule has 0 aliphatic heterocycles. The number of rotatable bonds is 2. The van der Waals surface area contributed by atoms with Crippen molar-refractivity contribution in [1.29, 1.82) is 0 Å². The van der Waals surface area contributed by atoms with Gasteiger partial charge in [-0.1, -0.05) is 0 Å². The van der Waals surface area contributed by atoms with Crippen LogP contribution in [0.25, 0.3) is 0 Å². The van der Waals surface area contributed by atoms with Gasteiger partial charge in [-0.25, -0.2) is 0 Å². The molecule has 0 aromatic heterocycles. The van der Waals surface area contributed by atoms with Gasteiger partial charge in [0.15, 0.2) is 0 Å². The number of hydrogen-bond donors (Lipinski definition) is 0. The molecular formula is C8H10I-. The molecule has 1 aromatic carbocycles. The van der Waals surface area contributed by atoms with E-state index in [1.54, 1.807) is 0 Å². The molecule has 0 unspecified atom stereocenters. The fourth-order valence-corrected chi connectivity index (χ4v) is 2.11. The summed E-state index contributed by atoms with van der Waals surface area (Å²) in [7, 11) is 0. The van der Waals surface area contributed by atoms with Crippen molar-refractivity contribution in [3.05, 3.63) is 35.9 Å². The van der Waals surface area contributed by atoms with Gasteiger partial charge in [0.25, 0.3) is 0 Å². The fourth-order valence-electron chi connectivity index (χ4n) is 0.721. The van der Waals surface area contributed by atoms with Crippen LogP contribution in [0.15, 0.2) is 30.3 Å². The Morgan fingerprint density at radius 2 is 1.89 bits per heavy atom. The predicted octanol–water partition coefficient (Wildman–Crippen LogP) is -1.09. The minimum atomic E-state index is 0.429. The van der Waals surface area contributed by atoms with Crippen LogP contribution in [0.5, 0.6) is 0 Å². The molecular weight excluding hydrogens is 223 g/mol. The molecule has 0 radical (unpaired) electrons. The Morgan fingerprint density at radius 3 is 2.44 bits per heavy atom. The standard InChI is InChI=1S/C8H10I/c1-9-7-8-5-3-2-4-6-8/h2-6H,7H2,1H3/q-1. The van der Waals surface area contributed by atoms with Gasteiger partial charge in [0.1, 0.15) is 0 Å². The Morgan fingerprint density at radius 1 is 1.22 bits per heavy atom. The monoisotopic (exact) mass is 233 g/mol. The van der Waals surface area contributed by atoms with E-state index in [1.807, 2.05) is 0 Å². The zero-order valence-electron chi connectivity index (χ0n) is 5.47. The van der Waals surface area contributed by atoms with Gasteiger partial charge in [0.05, 0.1) is 0 Å². The molecule has 50 valence electrons. The summed E-state index contributed by atoms with van der Waals surface area (Å²) >= 11 is 0.429. The van der Waals surface area contributed by atoms with E-state index in [1.165, 1.54) is 9.99 Å². The number of benzene rings is 1. The Hall–Kier alpha value is -0.0500. The average molecular weight is 233 g/mol. The minimum absolute atomic E-state index is 0.429. The molecule has 0 N–H and O–H groups in total. The van der Waals surface area contributed by atoms with Gasteiger partial charge in [0.2, 0.25) is 0 Å². The van der Waals surface area contributed by atoms with E-state index in [4.69, 9.17) is 0 Å². The van der Waals surface area contributed by atoms with Crippen LogP contribution in [-0.4, -0.2) is 4.93 Å². The van der Waals surface area contributed by atoms with Crippen molar-refractivity contribution in [2.45, 2.75) is 4.43 Å². The van der Waals surface area contributed by atoms with Gasteiger partial charge in [-0.15, -0.1) is 0 Å². The zero-order valence-corrected chi connectivity index (χ0v) is 7.63. The van der Waals surface area contributed by atoms with Crippen molar-refractivity contribution in [1.82, 2.24) is 0 Å². The maximum atomic E-state index is 2.31. The summed E-state index contributed by atoms with van der Waals surface area (Å²) in [5.74, 6) is 0. The van der Waals surface area contributed by atoms with Crippen LogP contribution in [0, 0.1) is 0 Å². The van der Waals surface area contributed by atoms with Crippen LogP contribution in [0.3, 0.4) is 0 Å². The molecule has 0 amide bonds. The van der Waals surface area contributed by atoms with E-state index in [0.29, 0.717) is 21.2 Å². The van der Waals surface area contributed by atoms with Gasteiger partial charge in [0, 0.05) is 0 Å². The van der Waals surface area contributed by atoms with E-state index in [2.05, 4.69) is 35.3 Å². The van der Waals surface area contributed by atoms with Gasteiger partial charge >= 0.3 is 66.5 Å². The van der Waals surface area contributed by atoms with E-state index in [-0.39, 0.29) is 0 Å². The third-order valence-electron chi connectivity index (χ3n) is 1.13. The molecule has 9 heavy (non-hydrogen) atoms. The predicted molar refractivity (Wildman–Crippen MR) is 36.1 cm³/mol. The summed E-state index contributed by atoms with van der Waals surface area (Å²) < 4.78 is 1.32. The first-order valence-corrected chi connectivity index (χ1v) is 6.59. The summed E-state index contributed by atoms with van der Waals surface area (Å²) in [5.41, 5.74) is 1.49. The van der Waals surface area contributed by atoms with Crippen molar-refractivity contribution in [2.24, 2.45) is 0 Å². The molecule has 0 bridgehead atoms. The normalized spacial score (nSPS) is 9.89. The van der Waals surface area contributed by atoms with Crippen LogP contribution >= 0.6 is 0 Å². The number of alkyl halides is 2. The van der Waals surface area contributed by atoms with Crippen molar-refractivity contribution in [3.63, 3.8) is 0 Å². The van der Waals surface area contributed by atoms with E-state index in [0.717, 1.165) is 0 Å². The molecule has 1 heteroatoms. The van der Waals surface area contributed by atoms with Crippen LogP contribution in [0.2, 0.25) is 0 Å². The summed E-state index contributed by atoms with van der Waals surface area (Å²) in [6.45, 7) is 0. The molecule has 1 aromatic rings. The van der Waals surface area contributed by atoms with Gasteiger partial charge in [-0.05, 0) is 0 Å². The second-order valence-corrected chi connectivity index (χ2v) is 4.17. The van der Waals surface area contributed by atoms with Crippen LogP contribution in [-0.2, 0) is 4.43 Å². The van der Waals surface area contributed by atoms with Crippen molar-refractivity contribution in [3.8, 4) is 0 Å². The average Bonchev–Trinajstić information content (AvgIpc) is 1.91. The quantitative estimate of drug-likeness (QED) is 0.449. The Labute approximate surface area is 66.5 Å². The van der Waals surface area contributed by atoms with Gasteiger partial charge < -0.3 is 0 Å². The number of hydrogen-bond acceptors (Lipinski definition) is 0. The Kier molecular flexibility index (Phi) is 3.04. The first-order chi connectivity index (χ1) is 4.43. The van der Waals surface area contributed by atoms with E-state index in [9.17, 15) is 0 Å². The first kappa shape index (κ1) is 7.06. The van der Waals surface area contributed by atoms with Crippen molar-refractivity contribution in [2.75, 3.05) is 4.93 Å². The van der Waals surface area contributed by atoms with Crippen molar-refractivity contribution < 1.29 is 21.2 Å². The molecule has 0 saturated heterocycles. The van der Waals surface area contributed by atoms with E-state index < -0.39 is 0 Å². The molecule has 0 heterocycles. The van der Waals surface area contributed by atoms with E-state index >= 15 is 0 Å². The third-order valence-corrected chi connectivity index (χ3v) is 2.77. The van der Waals surface area contributed by atoms with Crippen molar-refractivity contribution >= 4 is 0 Å².